The number of aliphatic hydroxyl groups excluding tert-OH is 2. The van der Waals surface area contributed by atoms with Gasteiger partial charge in [0.05, 0.1) is 28.5 Å². The molecule has 1 saturated heterocycles. The maximum absolute atomic E-state index is 12.5. The van der Waals surface area contributed by atoms with Crippen LogP contribution in [-0.2, 0) is 43.9 Å². The first-order valence-electron chi connectivity index (χ1n) is 14.9. The fraction of sp³-hybridized carbons (Fsp3) is 0.419. The Morgan fingerprint density at radius 2 is 1.70 bits per heavy atom. The van der Waals surface area contributed by atoms with Crippen LogP contribution >= 0.6 is 11.6 Å². The van der Waals surface area contributed by atoms with Crippen LogP contribution in [0.1, 0.15) is 33.9 Å². The maximum Gasteiger partial charge on any atom is 0.352 e. The van der Waals surface area contributed by atoms with Crippen LogP contribution in [0.2, 0.25) is 5.02 Å². The van der Waals surface area contributed by atoms with Crippen LogP contribution in [0.4, 0.5) is 5.69 Å². The molecule has 3 heterocycles. The molecule has 248 valence electrons. The summed E-state index contributed by atoms with van der Waals surface area (Å²) in [6.45, 7) is 1.54. The molecule has 3 N–H and O–H groups in total. The van der Waals surface area contributed by atoms with E-state index >= 15 is 0 Å². The molecule has 0 atom stereocenters. The quantitative estimate of drug-likeness (QED) is 0.206. The largest absolute Gasteiger partial charge is 0.487 e. The van der Waals surface area contributed by atoms with E-state index in [0.29, 0.717) is 88.8 Å². The summed E-state index contributed by atoms with van der Waals surface area (Å²) in [5.74, 6) is -0.493. The van der Waals surface area contributed by atoms with Crippen molar-refractivity contribution in [1.29, 1.82) is 0 Å². The number of halogens is 1. The summed E-state index contributed by atoms with van der Waals surface area (Å²) in [5.41, 5.74) is 4.36. The zero-order chi connectivity index (χ0) is 33.3. The summed E-state index contributed by atoms with van der Waals surface area (Å²) in [5, 5.41) is 35.4. The molecule has 13 nitrogen and oxygen atoms in total. The minimum Gasteiger partial charge on any atom is -0.487 e. The van der Waals surface area contributed by atoms with Crippen molar-refractivity contribution in [2.75, 3.05) is 51.8 Å². The molecule has 0 bridgehead atoms. The summed E-state index contributed by atoms with van der Waals surface area (Å²) in [6.07, 6.45) is 0.770. The predicted molar refractivity (Wildman–Crippen MR) is 176 cm³/mol. The molecule has 46 heavy (non-hydrogen) atoms. The average Bonchev–Trinajstić information content (AvgIpc) is 3.51. The molecule has 1 aliphatic rings. The zero-order valence-electron chi connectivity index (χ0n) is 26.3. The lowest BCUT2D eigenvalue weighted by Gasteiger charge is -2.36. The van der Waals surface area contributed by atoms with Crippen LogP contribution in [0.25, 0.3) is 22.0 Å². The predicted octanol–water partition coefficient (Wildman–Crippen LogP) is 2.86. The van der Waals surface area contributed by atoms with Gasteiger partial charge < -0.3 is 29.5 Å². The van der Waals surface area contributed by atoms with E-state index in [-0.39, 0.29) is 25.5 Å². The van der Waals surface area contributed by atoms with Gasteiger partial charge in [0.1, 0.15) is 18.1 Å². The summed E-state index contributed by atoms with van der Waals surface area (Å²) < 4.78 is 37.0. The minimum absolute atomic E-state index is 0.0760. The lowest BCUT2D eigenvalue weighted by Crippen LogP contribution is -2.51. The summed E-state index contributed by atoms with van der Waals surface area (Å²) in [7, 11) is 3.03. The number of carboxylic acids is 1. The number of aromatic nitrogens is 3. The number of carboxylic acid groups (broad SMARTS) is 1. The number of aryl methyl sites for hydroxylation is 3. The highest BCUT2D eigenvalue weighted by Gasteiger charge is 2.30. The Kier molecular flexibility index (Phi) is 9.96. The number of hydrogen-bond acceptors (Lipinski definition) is 8. The number of aromatic carboxylic acids is 1. The van der Waals surface area contributed by atoms with Crippen molar-refractivity contribution < 1.29 is 33.3 Å². The van der Waals surface area contributed by atoms with Crippen LogP contribution in [0.3, 0.4) is 0 Å². The lowest BCUT2D eigenvalue weighted by atomic mass is 9.98. The smallest absolute Gasteiger partial charge is 0.352 e. The Morgan fingerprint density at radius 1 is 1.02 bits per heavy atom. The fourth-order valence-electron chi connectivity index (χ4n) is 6.12. The third kappa shape index (κ3) is 6.20. The van der Waals surface area contributed by atoms with Gasteiger partial charge in [0.15, 0.2) is 0 Å². The number of hydrogen-bond donors (Lipinski definition) is 3. The Hall–Kier alpha value is -3.66. The highest BCUT2D eigenvalue weighted by atomic mass is 35.5. The van der Waals surface area contributed by atoms with E-state index in [4.69, 9.17) is 16.3 Å². The molecule has 0 spiro atoms. The molecule has 2 aromatic carbocycles. The van der Waals surface area contributed by atoms with E-state index < -0.39 is 16.2 Å². The Balaban J connectivity index is 1.43. The highest BCUT2D eigenvalue weighted by Crippen LogP contribution is 2.42. The van der Waals surface area contributed by atoms with Gasteiger partial charge in [-0.05, 0) is 48.7 Å². The van der Waals surface area contributed by atoms with Gasteiger partial charge >= 0.3 is 5.97 Å². The second-order valence-electron chi connectivity index (χ2n) is 11.3. The molecule has 0 aliphatic carbocycles. The molecule has 0 saturated carbocycles. The molecular weight excluding hydrogens is 636 g/mol. The van der Waals surface area contributed by atoms with E-state index in [1.807, 2.05) is 24.3 Å². The van der Waals surface area contributed by atoms with Gasteiger partial charge in [-0.15, -0.1) is 0 Å². The number of anilines is 1. The van der Waals surface area contributed by atoms with E-state index in [9.17, 15) is 28.5 Å². The van der Waals surface area contributed by atoms with Crippen molar-refractivity contribution in [3.05, 3.63) is 64.1 Å². The third-order valence-corrected chi connectivity index (χ3v) is 10.7. The molecule has 0 unspecified atom stereocenters. The Bertz CT molecular complexity index is 1850. The SMILES string of the molecule is CN(C)S(=O)(=O)N1CCN(c2ccc(OCc3c(-c4c(Cl)ccc5c(CCCO)c(C(=O)O)n(C)c45)c(CO)nn3C)cc2)CC1. The first-order valence-corrected chi connectivity index (χ1v) is 16.6. The highest BCUT2D eigenvalue weighted by molar-refractivity contribution is 7.86. The lowest BCUT2D eigenvalue weighted by molar-refractivity contribution is 0.0685. The standard InChI is InChI=1S/C31H39ClN6O7S/c1-34(2)46(43,44)38-15-13-37(14-16-38)20-7-9-21(10-8-20)45-19-26-28(25(18-40)33-36(26)4)27-24(32)12-11-23-22(6-5-17-39)30(31(41)42)35(3)29(23)27/h7-12,39-40H,5-6,13-19H2,1-4H3,(H,41,42). The third-order valence-electron chi connectivity index (χ3n) is 8.44. The van der Waals surface area contributed by atoms with Gasteiger partial charge in [0.2, 0.25) is 0 Å². The van der Waals surface area contributed by atoms with Gasteiger partial charge in [0, 0.05) is 83.2 Å². The van der Waals surface area contributed by atoms with Crippen LogP contribution in [0, 0.1) is 0 Å². The van der Waals surface area contributed by atoms with Crippen molar-refractivity contribution in [2.45, 2.75) is 26.1 Å². The van der Waals surface area contributed by atoms with E-state index in [0.717, 1.165) is 5.69 Å². The molecule has 5 rings (SSSR count). The first-order chi connectivity index (χ1) is 21.9. The van der Waals surface area contributed by atoms with E-state index in [1.54, 1.807) is 35.5 Å². The van der Waals surface area contributed by atoms with Crippen molar-refractivity contribution in [2.24, 2.45) is 14.1 Å². The summed E-state index contributed by atoms with van der Waals surface area (Å²) in [4.78, 5) is 14.5. The summed E-state index contributed by atoms with van der Waals surface area (Å²) >= 11 is 6.82. The second-order valence-corrected chi connectivity index (χ2v) is 13.9. The Labute approximate surface area is 272 Å². The molecule has 2 aromatic heterocycles. The van der Waals surface area contributed by atoms with Gasteiger partial charge in [-0.1, -0.05) is 17.7 Å². The summed E-state index contributed by atoms with van der Waals surface area (Å²) in [6, 6.07) is 11.0. The van der Waals surface area contributed by atoms with Crippen LogP contribution in [0.5, 0.6) is 5.75 Å². The molecule has 1 aliphatic heterocycles. The van der Waals surface area contributed by atoms with E-state index in [1.165, 1.54) is 22.7 Å². The van der Waals surface area contributed by atoms with Crippen LogP contribution < -0.4 is 9.64 Å². The van der Waals surface area contributed by atoms with Crippen molar-refractivity contribution in [3.63, 3.8) is 0 Å². The molecule has 0 amide bonds. The number of ether oxygens (including phenoxy) is 1. The van der Waals surface area contributed by atoms with Gasteiger partial charge in [-0.3, -0.25) is 4.68 Å². The van der Waals surface area contributed by atoms with Gasteiger partial charge in [-0.25, -0.2) is 4.79 Å². The molecule has 15 heteroatoms. The average molecular weight is 675 g/mol. The number of fused-ring (bicyclic) bond motifs is 1. The number of aliphatic hydroxyl groups is 2. The number of benzene rings is 2. The van der Waals surface area contributed by atoms with Crippen molar-refractivity contribution in [3.8, 4) is 16.9 Å². The normalized spacial score (nSPS) is 14.5. The minimum atomic E-state index is -3.45. The van der Waals surface area contributed by atoms with Gasteiger partial charge in [-0.2, -0.15) is 22.1 Å². The van der Waals surface area contributed by atoms with Gasteiger partial charge in [0.25, 0.3) is 10.2 Å². The maximum atomic E-state index is 12.5. The molecule has 4 aromatic rings. The monoisotopic (exact) mass is 674 g/mol. The number of piperazine rings is 1. The second kappa shape index (κ2) is 13.6. The fourth-order valence-corrected chi connectivity index (χ4v) is 7.45. The number of carbonyl (C=O) groups is 1. The number of rotatable bonds is 12. The van der Waals surface area contributed by atoms with E-state index in [2.05, 4.69) is 10.00 Å². The molecular formula is C31H39ClN6O7S. The first kappa shape index (κ1) is 33.7. The zero-order valence-corrected chi connectivity index (χ0v) is 27.8. The van der Waals surface area contributed by atoms with Crippen LogP contribution in [-0.4, -0.2) is 99.5 Å². The van der Waals surface area contributed by atoms with Crippen LogP contribution in [0.15, 0.2) is 36.4 Å². The Morgan fingerprint density at radius 3 is 2.28 bits per heavy atom. The molecule has 1 fully saturated rings. The molecule has 0 radical (unpaired) electrons. The topological polar surface area (TPSA) is 154 Å². The van der Waals surface area contributed by atoms with Crippen molar-refractivity contribution in [1.82, 2.24) is 23.0 Å². The van der Waals surface area contributed by atoms with Crippen molar-refractivity contribution >= 4 is 44.4 Å². The number of nitrogens with zero attached hydrogens (tertiary/aromatic N) is 6.